The fourth-order valence-electron chi connectivity index (χ4n) is 2.38. The summed E-state index contributed by atoms with van der Waals surface area (Å²) in [6.07, 6.45) is 0.583. The summed E-state index contributed by atoms with van der Waals surface area (Å²) < 4.78 is 25.6. The minimum atomic E-state index is -3.49. The number of hydrogen-bond donors (Lipinski definition) is 2. The first-order chi connectivity index (χ1) is 12.2. The number of benzene rings is 2. The minimum Gasteiger partial charge on any atom is -0.326 e. The Morgan fingerprint density at radius 2 is 1.81 bits per heavy atom. The van der Waals surface area contributed by atoms with Crippen molar-refractivity contribution in [1.29, 1.82) is 0 Å². The molecule has 0 radical (unpaired) electrons. The van der Waals surface area contributed by atoms with E-state index in [0.717, 1.165) is 5.56 Å². The monoisotopic (exact) mass is 377 g/mol. The summed E-state index contributed by atoms with van der Waals surface area (Å²) in [5.41, 5.74) is 1.56. The van der Waals surface area contributed by atoms with Crippen LogP contribution in [0.15, 0.2) is 47.4 Å². The number of aryl methyl sites for hydroxylation is 1. The van der Waals surface area contributed by atoms with E-state index in [0.29, 0.717) is 17.7 Å². The van der Waals surface area contributed by atoms with Crippen molar-refractivity contribution in [2.45, 2.75) is 24.7 Å². The van der Waals surface area contributed by atoms with Gasteiger partial charge in [-0.3, -0.25) is 14.9 Å². The second-order valence-corrected chi connectivity index (χ2v) is 7.49. The summed E-state index contributed by atoms with van der Waals surface area (Å²) in [5, 5.41) is 13.6. The van der Waals surface area contributed by atoms with Crippen molar-refractivity contribution >= 4 is 27.3 Å². The number of amides is 1. The lowest BCUT2D eigenvalue weighted by molar-refractivity contribution is -0.385. The van der Waals surface area contributed by atoms with Crippen LogP contribution in [-0.4, -0.2) is 26.3 Å². The van der Waals surface area contributed by atoms with Crippen molar-refractivity contribution in [3.05, 3.63) is 63.7 Å². The summed E-state index contributed by atoms with van der Waals surface area (Å²) in [6.45, 7) is 1.58. The Hall–Kier alpha value is -2.78. The van der Waals surface area contributed by atoms with Gasteiger partial charge in [0, 0.05) is 12.5 Å². The average molecular weight is 377 g/mol. The lowest BCUT2D eigenvalue weighted by Crippen LogP contribution is -2.18. The first-order valence-electron chi connectivity index (χ1n) is 7.81. The first kappa shape index (κ1) is 19.5. The molecule has 0 atom stereocenters. The standard InChI is InChI=1S/C17H19N3O5S/c1-12-15(4-3-5-16(12)20(22)23)19-17(21)11-8-13-6-9-14(10-7-13)26(24,25)18-2/h3-7,9-10,18H,8,11H2,1-2H3,(H,19,21). The van der Waals surface area contributed by atoms with Crippen LogP contribution in [0.3, 0.4) is 0 Å². The molecule has 0 aromatic heterocycles. The van der Waals surface area contributed by atoms with Crippen LogP contribution >= 0.6 is 0 Å². The summed E-state index contributed by atoms with van der Waals surface area (Å²) >= 11 is 0. The van der Waals surface area contributed by atoms with E-state index in [1.54, 1.807) is 25.1 Å². The largest absolute Gasteiger partial charge is 0.326 e. The van der Waals surface area contributed by atoms with Gasteiger partial charge in [-0.15, -0.1) is 0 Å². The smallest absolute Gasteiger partial charge is 0.274 e. The van der Waals surface area contributed by atoms with Crippen LogP contribution in [0.1, 0.15) is 17.5 Å². The molecule has 2 rings (SSSR count). The maximum atomic E-state index is 12.1. The number of hydrogen-bond acceptors (Lipinski definition) is 5. The predicted octanol–water partition coefficient (Wildman–Crippen LogP) is 2.38. The lowest BCUT2D eigenvalue weighted by atomic mass is 10.1. The van der Waals surface area contributed by atoms with E-state index in [9.17, 15) is 23.3 Å². The fourth-order valence-corrected chi connectivity index (χ4v) is 3.11. The van der Waals surface area contributed by atoms with Gasteiger partial charge in [0.1, 0.15) is 0 Å². The Morgan fingerprint density at radius 3 is 2.38 bits per heavy atom. The second kappa shape index (κ2) is 8.07. The van der Waals surface area contributed by atoms with E-state index >= 15 is 0 Å². The average Bonchev–Trinajstić information content (AvgIpc) is 2.62. The molecule has 9 heteroatoms. The Balaban J connectivity index is 1.99. The predicted molar refractivity (Wildman–Crippen MR) is 97.5 cm³/mol. The van der Waals surface area contributed by atoms with Gasteiger partial charge in [0.15, 0.2) is 0 Å². The molecule has 26 heavy (non-hydrogen) atoms. The van der Waals surface area contributed by atoms with E-state index in [1.165, 1.54) is 31.3 Å². The number of nitro groups is 1. The molecule has 0 heterocycles. The molecule has 2 aromatic carbocycles. The molecule has 0 aliphatic carbocycles. The van der Waals surface area contributed by atoms with E-state index in [-0.39, 0.29) is 22.9 Å². The van der Waals surface area contributed by atoms with Gasteiger partial charge in [-0.1, -0.05) is 18.2 Å². The Morgan fingerprint density at radius 1 is 1.15 bits per heavy atom. The molecule has 1 amide bonds. The van der Waals surface area contributed by atoms with Crippen LogP contribution in [0, 0.1) is 17.0 Å². The second-order valence-electron chi connectivity index (χ2n) is 5.61. The molecule has 0 bridgehead atoms. The van der Waals surface area contributed by atoms with Gasteiger partial charge in [0.2, 0.25) is 15.9 Å². The van der Waals surface area contributed by atoms with Gasteiger partial charge in [-0.05, 0) is 44.2 Å². The van der Waals surface area contributed by atoms with E-state index in [4.69, 9.17) is 0 Å². The van der Waals surface area contributed by atoms with Gasteiger partial charge >= 0.3 is 0 Å². The van der Waals surface area contributed by atoms with Crippen LogP contribution in [0.5, 0.6) is 0 Å². The van der Waals surface area contributed by atoms with Crippen LogP contribution in [-0.2, 0) is 21.2 Å². The molecular formula is C17H19N3O5S. The highest BCUT2D eigenvalue weighted by atomic mass is 32.2. The first-order valence-corrected chi connectivity index (χ1v) is 9.29. The molecular weight excluding hydrogens is 358 g/mol. The summed E-state index contributed by atoms with van der Waals surface area (Å²) in [4.78, 5) is 22.7. The summed E-state index contributed by atoms with van der Waals surface area (Å²) in [5.74, 6) is -0.277. The zero-order valence-electron chi connectivity index (χ0n) is 14.4. The molecule has 8 nitrogen and oxygen atoms in total. The maximum Gasteiger partial charge on any atom is 0.274 e. The number of carbonyl (C=O) groups excluding carboxylic acids is 1. The summed E-state index contributed by atoms with van der Waals surface area (Å²) in [6, 6.07) is 10.8. The molecule has 0 spiro atoms. The zero-order valence-corrected chi connectivity index (χ0v) is 15.2. The van der Waals surface area contributed by atoms with E-state index in [1.807, 2.05) is 0 Å². The highest BCUT2D eigenvalue weighted by molar-refractivity contribution is 7.89. The molecule has 0 unspecified atom stereocenters. The molecule has 138 valence electrons. The van der Waals surface area contributed by atoms with E-state index in [2.05, 4.69) is 10.0 Å². The molecule has 2 aromatic rings. The van der Waals surface area contributed by atoms with Crippen LogP contribution < -0.4 is 10.0 Å². The topological polar surface area (TPSA) is 118 Å². The van der Waals surface area contributed by atoms with Gasteiger partial charge in [0.05, 0.1) is 21.1 Å². The SMILES string of the molecule is CNS(=O)(=O)c1ccc(CCC(=O)Nc2cccc([N+](=O)[O-])c2C)cc1. The number of nitro benzene ring substituents is 1. The molecule has 0 saturated heterocycles. The number of nitrogens with one attached hydrogen (secondary N) is 2. The van der Waals surface area contributed by atoms with Crippen LogP contribution in [0.2, 0.25) is 0 Å². The van der Waals surface area contributed by atoms with Crippen molar-refractivity contribution in [1.82, 2.24) is 4.72 Å². The molecule has 0 aliphatic rings. The minimum absolute atomic E-state index is 0.0517. The maximum absolute atomic E-state index is 12.1. The molecule has 0 saturated carbocycles. The summed E-state index contributed by atoms with van der Waals surface area (Å²) in [7, 11) is -2.15. The molecule has 2 N–H and O–H groups in total. The van der Waals surface area contributed by atoms with Crippen molar-refractivity contribution in [3.63, 3.8) is 0 Å². The van der Waals surface area contributed by atoms with Crippen molar-refractivity contribution in [2.75, 3.05) is 12.4 Å². The third-order valence-corrected chi connectivity index (χ3v) is 5.35. The third kappa shape index (κ3) is 4.64. The Labute approximate surface area is 151 Å². The van der Waals surface area contributed by atoms with Crippen LogP contribution in [0.25, 0.3) is 0 Å². The molecule has 0 fully saturated rings. The van der Waals surface area contributed by atoms with E-state index < -0.39 is 14.9 Å². The van der Waals surface area contributed by atoms with Crippen LogP contribution in [0.4, 0.5) is 11.4 Å². The number of carbonyl (C=O) groups is 1. The number of anilines is 1. The normalized spacial score (nSPS) is 11.2. The quantitative estimate of drug-likeness (QED) is 0.567. The third-order valence-electron chi connectivity index (χ3n) is 3.92. The Bertz CT molecular complexity index is 924. The number of sulfonamides is 1. The van der Waals surface area contributed by atoms with Gasteiger partial charge < -0.3 is 5.32 Å². The van der Waals surface area contributed by atoms with Gasteiger partial charge in [-0.2, -0.15) is 0 Å². The highest BCUT2D eigenvalue weighted by Gasteiger charge is 2.15. The number of rotatable bonds is 7. The van der Waals surface area contributed by atoms with Crippen molar-refractivity contribution in [3.8, 4) is 0 Å². The van der Waals surface area contributed by atoms with Gasteiger partial charge in [0.25, 0.3) is 5.69 Å². The van der Waals surface area contributed by atoms with Crippen molar-refractivity contribution in [2.24, 2.45) is 0 Å². The number of nitrogens with zero attached hydrogens (tertiary/aromatic N) is 1. The molecule has 0 aliphatic heterocycles. The Kier molecular flexibility index (Phi) is 6.06. The van der Waals surface area contributed by atoms with Crippen molar-refractivity contribution < 1.29 is 18.1 Å². The fraction of sp³-hybridized carbons (Fsp3) is 0.235. The lowest BCUT2D eigenvalue weighted by Gasteiger charge is -2.09. The highest BCUT2D eigenvalue weighted by Crippen LogP contribution is 2.25. The zero-order chi connectivity index (χ0) is 19.3. The van der Waals surface area contributed by atoms with Gasteiger partial charge in [-0.25, -0.2) is 13.1 Å².